The number of benzene rings is 2. The zero-order valence-corrected chi connectivity index (χ0v) is 18.4. The zero-order chi connectivity index (χ0) is 23.1. The smallest absolute Gasteiger partial charge is 0.255 e. The molecule has 0 saturated heterocycles. The summed E-state index contributed by atoms with van der Waals surface area (Å²) in [6, 6.07) is 12.5. The van der Waals surface area contributed by atoms with E-state index in [2.05, 4.69) is 20.8 Å². The number of nitrogens with one attached hydrogen (secondary N) is 2. The largest absolute Gasteiger partial charge is 0.352 e. The molecule has 0 radical (unpaired) electrons. The van der Waals surface area contributed by atoms with Crippen LogP contribution in [0.1, 0.15) is 61.2 Å². The molecule has 0 atom stereocenters. The van der Waals surface area contributed by atoms with Gasteiger partial charge in [0.25, 0.3) is 5.91 Å². The number of hydrogen-bond acceptors (Lipinski definition) is 5. The van der Waals surface area contributed by atoms with Crippen molar-refractivity contribution >= 4 is 17.5 Å². The van der Waals surface area contributed by atoms with Gasteiger partial charge in [0, 0.05) is 36.1 Å². The van der Waals surface area contributed by atoms with Crippen LogP contribution in [0.3, 0.4) is 0 Å². The highest BCUT2D eigenvalue weighted by Crippen LogP contribution is 2.19. The molecule has 32 heavy (non-hydrogen) atoms. The number of carbonyl (C=O) groups is 2. The van der Waals surface area contributed by atoms with Crippen LogP contribution >= 0.6 is 0 Å². The Morgan fingerprint density at radius 2 is 1.84 bits per heavy atom. The molecule has 1 aromatic heterocycles. The van der Waals surface area contributed by atoms with Crippen molar-refractivity contribution in [3.63, 3.8) is 0 Å². The second kappa shape index (κ2) is 10.2. The Balaban J connectivity index is 1.44. The molecule has 7 nitrogen and oxygen atoms in total. The average molecular weight is 439 g/mol. The van der Waals surface area contributed by atoms with Crippen LogP contribution < -0.4 is 10.6 Å². The predicted molar refractivity (Wildman–Crippen MR) is 119 cm³/mol. The van der Waals surface area contributed by atoms with Crippen LogP contribution in [0.25, 0.3) is 0 Å². The highest BCUT2D eigenvalue weighted by Gasteiger charge is 2.20. The van der Waals surface area contributed by atoms with Gasteiger partial charge in [0.1, 0.15) is 5.82 Å². The molecule has 0 saturated carbocycles. The third-order valence-electron chi connectivity index (χ3n) is 4.71. The van der Waals surface area contributed by atoms with Crippen LogP contribution in [-0.2, 0) is 23.2 Å². The van der Waals surface area contributed by atoms with E-state index in [1.165, 1.54) is 24.3 Å². The number of halogens is 1. The van der Waals surface area contributed by atoms with E-state index in [0.29, 0.717) is 48.8 Å². The van der Waals surface area contributed by atoms with E-state index < -0.39 is 5.82 Å². The van der Waals surface area contributed by atoms with Crippen LogP contribution in [0.4, 0.5) is 10.1 Å². The van der Waals surface area contributed by atoms with Crippen molar-refractivity contribution < 1.29 is 18.5 Å². The second-order valence-corrected chi connectivity index (χ2v) is 8.55. The fourth-order valence-electron chi connectivity index (χ4n) is 2.91. The molecule has 2 aromatic carbocycles. The van der Waals surface area contributed by atoms with Crippen LogP contribution in [0.2, 0.25) is 0 Å². The monoisotopic (exact) mass is 438 g/mol. The molecule has 0 aliphatic carbocycles. The van der Waals surface area contributed by atoms with Crippen LogP contribution in [0.5, 0.6) is 0 Å². The minimum Gasteiger partial charge on any atom is -0.352 e. The predicted octanol–water partition coefficient (Wildman–Crippen LogP) is 4.40. The lowest BCUT2D eigenvalue weighted by Crippen LogP contribution is -2.22. The van der Waals surface area contributed by atoms with Gasteiger partial charge < -0.3 is 15.2 Å². The summed E-state index contributed by atoms with van der Waals surface area (Å²) in [6.45, 7) is 6.38. The molecule has 1 heterocycles. The van der Waals surface area contributed by atoms with Gasteiger partial charge in [0.2, 0.25) is 11.8 Å². The molecule has 0 bridgehead atoms. The van der Waals surface area contributed by atoms with Crippen molar-refractivity contribution in [2.75, 3.05) is 5.32 Å². The molecule has 3 aromatic rings. The van der Waals surface area contributed by atoms with E-state index in [1.54, 1.807) is 18.2 Å². The van der Waals surface area contributed by atoms with Crippen molar-refractivity contribution in [2.45, 2.75) is 52.0 Å². The fourth-order valence-corrected chi connectivity index (χ4v) is 2.91. The van der Waals surface area contributed by atoms with Gasteiger partial charge in [-0.05, 0) is 48.4 Å². The third kappa shape index (κ3) is 6.73. The summed E-state index contributed by atoms with van der Waals surface area (Å²) in [4.78, 5) is 28.8. The summed E-state index contributed by atoms with van der Waals surface area (Å²) in [5, 5.41) is 9.63. The number of rotatable bonds is 8. The Bertz CT molecular complexity index is 1070. The standard InChI is InChI=1S/C24H27FN4O3/c1-24(2,3)23-28-21(32-29-23)9-5-8-20(30)26-15-16-6-4-7-19(14-16)27-22(31)17-10-12-18(25)13-11-17/h4,6-7,10-14H,5,8-9,15H2,1-3H3,(H,26,30)(H,27,31). The zero-order valence-electron chi connectivity index (χ0n) is 18.4. The van der Waals surface area contributed by atoms with E-state index in [-0.39, 0.29) is 17.2 Å². The van der Waals surface area contributed by atoms with Crippen molar-refractivity contribution in [2.24, 2.45) is 0 Å². The number of aryl methyl sites for hydroxylation is 1. The van der Waals surface area contributed by atoms with Gasteiger partial charge in [0.15, 0.2) is 5.82 Å². The number of nitrogens with zero attached hydrogens (tertiary/aromatic N) is 2. The maximum atomic E-state index is 13.0. The van der Waals surface area contributed by atoms with Crippen LogP contribution in [0, 0.1) is 5.82 Å². The first-order chi connectivity index (χ1) is 15.2. The molecule has 0 unspecified atom stereocenters. The Morgan fingerprint density at radius 3 is 2.53 bits per heavy atom. The Kier molecular flexibility index (Phi) is 7.35. The maximum Gasteiger partial charge on any atom is 0.255 e. The Labute approximate surface area is 186 Å². The first-order valence-electron chi connectivity index (χ1n) is 10.5. The molecule has 3 rings (SSSR count). The summed E-state index contributed by atoms with van der Waals surface area (Å²) in [6.07, 6.45) is 1.49. The quantitative estimate of drug-likeness (QED) is 0.543. The summed E-state index contributed by atoms with van der Waals surface area (Å²) in [5.41, 5.74) is 1.63. The Hall–Kier alpha value is -3.55. The topological polar surface area (TPSA) is 97.1 Å². The van der Waals surface area contributed by atoms with E-state index >= 15 is 0 Å². The molecule has 0 spiro atoms. The van der Waals surface area contributed by atoms with Gasteiger partial charge >= 0.3 is 0 Å². The van der Waals surface area contributed by atoms with Gasteiger partial charge in [-0.15, -0.1) is 0 Å². The first-order valence-corrected chi connectivity index (χ1v) is 10.5. The highest BCUT2D eigenvalue weighted by molar-refractivity contribution is 6.04. The number of carbonyl (C=O) groups excluding carboxylic acids is 2. The van der Waals surface area contributed by atoms with E-state index in [0.717, 1.165) is 5.56 Å². The molecule has 8 heteroatoms. The summed E-state index contributed by atoms with van der Waals surface area (Å²) in [7, 11) is 0. The molecule has 0 aliphatic rings. The first kappa shape index (κ1) is 23.1. The lowest BCUT2D eigenvalue weighted by Gasteiger charge is -2.10. The van der Waals surface area contributed by atoms with Crippen molar-refractivity contribution in [1.29, 1.82) is 0 Å². The van der Waals surface area contributed by atoms with Gasteiger partial charge in [0.05, 0.1) is 0 Å². The summed E-state index contributed by atoms with van der Waals surface area (Å²) in [5.74, 6) is 0.379. The number of hydrogen-bond donors (Lipinski definition) is 2. The van der Waals surface area contributed by atoms with Crippen molar-refractivity contribution in [1.82, 2.24) is 15.5 Å². The Morgan fingerprint density at radius 1 is 1.09 bits per heavy atom. The molecule has 0 aliphatic heterocycles. The molecule has 168 valence electrons. The normalized spacial score (nSPS) is 11.2. The van der Waals surface area contributed by atoms with Crippen LogP contribution in [0.15, 0.2) is 53.1 Å². The molecular weight excluding hydrogens is 411 g/mol. The lowest BCUT2D eigenvalue weighted by atomic mass is 9.96. The number of aromatic nitrogens is 2. The molecule has 2 N–H and O–H groups in total. The van der Waals surface area contributed by atoms with E-state index in [4.69, 9.17) is 4.52 Å². The summed E-state index contributed by atoms with van der Waals surface area (Å²) >= 11 is 0. The van der Waals surface area contributed by atoms with Gasteiger partial charge in [-0.3, -0.25) is 9.59 Å². The van der Waals surface area contributed by atoms with Crippen LogP contribution in [-0.4, -0.2) is 22.0 Å². The van der Waals surface area contributed by atoms with Gasteiger partial charge in [-0.25, -0.2) is 4.39 Å². The summed E-state index contributed by atoms with van der Waals surface area (Å²) < 4.78 is 18.2. The van der Waals surface area contributed by atoms with E-state index in [9.17, 15) is 14.0 Å². The second-order valence-electron chi connectivity index (χ2n) is 8.55. The van der Waals surface area contributed by atoms with Crippen molar-refractivity contribution in [3.05, 3.63) is 77.2 Å². The molecule has 2 amide bonds. The number of anilines is 1. The number of amides is 2. The molecular formula is C24H27FN4O3. The highest BCUT2D eigenvalue weighted by atomic mass is 19.1. The van der Waals surface area contributed by atoms with Gasteiger partial charge in [-0.1, -0.05) is 38.1 Å². The fraction of sp³-hybridized carbons (Fsp3) is 0.333. The lowest BCUT2D eigenvalue weighted by molar-refractivity contribution is -0.121. The maximum absolute atomic E-state index is 13.0. The molecule has 0 fully saturated rings. The van der Waals surface area contributed by atoms with E-state index in [1.807, 2.05) is 26.8 Å². The van der Waals surface area contributed by atoms with Crippen molar-refractivity contribution in [3.8, 4) is 0 Å². The van der Waals surface area contributed by atoms with Gasteiger partial charge in [-0.2, -0.15) is 4.98 Å². The average Bonchev–Trinajstić information content (AvgIpc) is 3.22. The SMILES string of the molecule is CC(C)(C)c1noc(CCCC(=O)NCc2cccc(NC(=O)c3ccc(F)cc3)c2)n1. The minimum absolute atomic E-state index is 0.0821. The minimum atomic E-state index is -0.397. The third-order valence-corrected chi connectivity index (χ3v) is 4.71.